The van der Waals surface area contributed by atoms with Gasteiger partial charge in [0.15, 0.2) is 0 Å². The van der Waals surface area contributed by atoms with Crippen LogP contribution < -0.4 is 10.1 Å². The number of carbonyl (C=O) groups excluding carboxylic acids is 1. The third-order valence-electron chi connectivity index (χ3n) is 4.65. The molecule has 0 saturated heterocycles. The van der Waals surface area contributed by atoms with Crippen LogP contribution in [-0.4, -0.2) is 32.8 Å². The lowest BCUT2D eigenvalue weighted by Gasteiger charge is -2.27. The van der Waals surface area contributed by atoms with E-state index in [2.05, 4.69) is 20.8 Å². The van der Waals surface area contributed by atoms with E-state index in [-0.39, 0.29) is 6.61 Å². The number of nitrogens with zero attached hydrogens (tertiary/aromatic N) is 4. The standard InChI is InChI=1S/C21H21N5O3/c1-3-28-20(27)18-14(2)22-21-23-24-25-26(21)19(18)16-9-11-17(12-10-16)29-13-15-7-5-4-6-8-15/h4-12,19H,3,13H2,1-2H3,(H,22,23,25)/t19-/m1/s1. The molecule has 0 spiro atoms. The van der Waals surface area contributed by atoms with Crippen molar-refractivity contribution in [3.63, 3.8) is 0 Å². The second kappa shape index (κ2) is 8.14. The first-order chi connectivity index (χ1) is 14.2. The molecule has 8 nitrogen and oxygen atoms in total. The van der Waals surface area contributed by atoms with Gasteiger partial charge in [0.05, 0.1) is 12.2 Å². The number of nitrogens with one attached hydrogen (secondary N) is 1. The predicted octanol–water partition coefficient (Wildman–Crippen LogP) is 3.10. The van der Waals surface area contributed by atoms with Crippen molar-refractivity contribution in [3.8, 4) is 5.75 Å². The van der Waals surface area contributed by atoms with E-state index in [1.54, 1.807) is 11.6 Å². The maximum atomic E-state index is 12.6. The van der Waals surface area contributed by atoms with Gasteiger partial charge in [-0.05, 0) is 47.5 Å². The van der Waals surface area contributed by atoms with E-state index in [0.29, 0.717) is 23.8 Å². The van der Waals surface area contributed by atoms with Crippen LogP contribution in [0.5, 0.6) is 5.75 Å². The zero-order chi connectivity index (χ0) is 20.2. The summed E-state index contributed by atoms with van der Waals surface area (Å²) in [6.45, 7) is 4.37. The highest BCUT2D eigenvalue weighted by molar-refractivity contribution is 5.92. The van der Waals surface area contributed by atoms with Gasteiger partial charge in [-0.1, -0.05) is 47.6 Å². The number of hydrogen-bond acceptors (Lipinski definition) is 7. The smallest absolute Gasteiger partial charge is 0.338 e. The van der Waals surface area contributed by atoms with Crippen LogP contribution >= 0.6 is 0 Å². The SMILES string of the molecule is CCOC(=O)C1=C(C)Nc2nnnn2[C@@H]1c1ccc(OCc2ccccc2)cc1. The fourth-order valence-corrected chi connectivity index (χ4v) is 3.28. The summed E-state index contributed by atoms with van der Waals surface area (Å²) in [5, 5.41) is 14.8. The van der Waals surface area contributed by atoms with E-state index in [9.17, 15) is 4.79 Å². The van der Waals surface area contributed by atoms with Gasteiger partial charge in [-0.2, -0.15) is 4.68 Å². The van der Waals surface area contributed by atoms with Crippen LogP contribution in [-0.2, 0) is 16.1 Å². The molecule has 0 saturated carbocycles. The van der Waals surface area contributed by atoms with Gasteiger partial charge < -0.3 is 14.8 Å². The van der Waals surface area contributed by atoms with Crippen molar-refractivity contribution in [1.82, 2.24) is 20.2 Å². The van der Waals surface area contributed by atoms with E-state index < -0.39 is 12.0 Å². The van der Waals surface area contributed by atoms with Gasteiger partial charge >= 0.3 is 5.97 Å². The van der Waals surface area contributed by atoms with Gasteiger partial charge in [-0.15, -0.1) is 0 Å². The van der Waals surface area contributed by atoms with E-state index in [4.69, 9.17) is 9.47 Å². The van der Waals surface area contributed by atoms with Gasteiger partial charge in [0.2, 0.25) is 5.95 Å². The Morgan fingerprint density at radius 2 is 1.90 bits per heavy atom. The topological polar surface area (TPSA) is 91.2 Å². The molecule has 29 heavy (non-hydrogen) atoms. The first-order valence-electron chi connectivity index (χ1n) is 9.37. The fraction of sp³-hybridized carbons (Fsp3) is 0.238. The van der Waals surface area contributed by atoms with Crippen LogP contribution in [0.1, 0.15) is 31.0 Å². The molecule has 3 aromatic rings. The Bertz CT molecular complexity index is 1030. The van der Waals surface area contributed by atoms with Crippen molar-refractivity contribution in [2.24, 2.45) is 0 Å². The van der Waals surface area contributed by atoms with Crippen LogP contribution in [0.15, 0.2) is 65.9 Å². The summed E-state index contributed by atoms with van der Waals surface area (Å²) in [6.07, 6.45) is 0. The number of fused-ring (bicyclic) bond motifs is 1. The van der Waals surface area contributed by atoms with Gasteiger partial charge in [0.25, 0.3) is 0 Å². The summed E-state index contributed by atoms with van der Waals surface area (Å²) in [7, 11) is 0. The number of tetrazole rings is 1. The maximum Gasteiger partial charge on any atom is 0.338 e. The molecule has 4 rings (SSSR count). The van der Waals surface area contributed by atoms with Crippen LogP contribution in [0.4, 0.5) is 5.95 Å². The molecule has 0 amide bonds. The lowest BCUT2D eigenvalue weighted by Crippen LogP contribution is -2.29. The summed E-state index contributed by atoms with van der Waals surface area (Å²) in [6, 6.07) is 17.1. The number of allylic oxidation sites excluding steroid dienone is 1. The van der Waals surface area contributed by atoms with Crippen molar-refractivity contribution in [2.75, 3.05) is 11.9 Å². The third kappa shape index (κ3) is 3.82. The second-order valence-electron chi connectivity index (χ2n) is 6.58. The average molecular weight is 391 g/mol. The number of aromatic nitrogens is 4. The highest BCUT2D eigenvalue weighted by Gasteiger charge is 2.34. The van der Waals surface area contributed by atoms with E-state index in [1.807, 2.05) is 61.5 Å². The van der Waals surface area contributed by atoms with Crippen molar-refractivity contribution < 1.29 is 14.3 Å². The monoisotopic (exact) mass is 391 g/mol. The highest BCUT2D eigenvalue weighted by Crippen LogP contribution is 2.35. The molecule has 0 radical (unpaired) electrons. The summed E-state index contributed by atoms with van der Waals surface area (Å²) in [5.74, 6) is 0.819. The Kier molecular flexibility index (Phi) is 5.24. The van der Waals surface area contributed by atoms with Gasteiger partial charge in [-0.3, -0.25) is 0 Å². The summed E-state index contributed by atoms with van der Waals surface area (Å²) >= 11 is 0. The molecule has 0 fully saturated rings. The summed E-state index contributed by atoms with van der Waals surface area (Å²) in [4.78, 5) is 12.6. The third-order valence-corrected chi connectivity index (χ3v) is 4.65. The minimum atomic E-state index is -0.483. The molecule has 1 aliphatic rings. The molecule has 8 heteroatoms. The lowest BCUT2D eigenvalue weighted by atomic mass is 9.96. The van der Waals surface area contributed by atoms with E-state index in [1.165, 1.54) is 0 Å². The molecule has 0 bridgehead atoms. The van der Waals surface area contributed by atoms with Crippen molar-refractivity contribution >= 4 is 11.9 Å². The van der Waals surface area contributed by atoms with Crippen molar-refractivity contribution in [3.05, 3.63) is 77.0 Å². The Hall–Kier alpha value is -3.68. The number of rotatable bonds is 6. The van der Waals surface area contributed by atoms with E-state index >= 15 is 0 Å². The fourth-order valence-electron chi connectivity index (χ4n) is 3.28. The van der Waals surface area contributed by atoms with Crippen molar-refractivity contribution in [2.45, 2.75) is 26.5 Å². The van der Waals surface area contributed by atoms with Crippen molar-refractivity contribution in [1.29, 1.82) is 0 Å². The molecule has 1 aromatic heterocycles. The Balaban J connectivity index is 1.60. The molecule has 148 valence electrons. The quantitative estimate of drug-likeness (QED) is 0.646. The van der Waals surface area contributed by atoms with Crippen LogP contribution in [0.2, 0.25) is 0 Å². The Morgan fingerprint density at radius 1 is 1.14 bits per heavy atom. The van der Waals surface area contributed by atoms with Gasteiger partial charge in [0.1, 0.15) is 18.4 Å². The highest BCUT2D eigenvalue weighted by atomic mass is 16.5. The zero-order valence-corrected chi connectivity index (χ0v) is 16.2. The maximum absolute atomic E-state index is 12.6. The summed E-state index contributed by atoms with van der Waals surface area (Å²) < 4.78 is 12.7. The van der Waals surface area contributed by atoms with E-state index in [0.717, 1.165) is 16.9 Å². The summed E-state index contributed by atoms with van der Waals surface area (Å²) in [5.41, 5.74) is 3.09. The average Bonchev–Trinajstić information content (AvgIpc) is 3.20. The van der Waals surface area contributed by atoms with Crippen LogP contribution in [0.25, 0.3) is 0 Å². The lowest BCUT2D eigenvalue weighted by molar-refractivity contribution is -0.139. The number of carbonyl (C=O) groups is 1. The largest absolute Gasteiger partial charge is 0.489 e. The predicted molar refractivity (Wildman–Crippen MR) is 106 cm³/mol. The first-order valence-corrected chi connectivity index (χ1v) is 9.37. The molecule has 2 heterocycles. The molecule has 0 unspecified atom stereocenters. The number of anilines is 1. The molecule has 0 aliphatic carbocycles. The number of benzene rings is 2. The van der Waals surface area contributed by atoms with Gasteiger partial charge in [0, 0.05) is 5.70 Å². The Morgan fingerprint density at radius 3 is 2.62 bits per heavy atom. The molecule has 1 aliphatic heterocycles. The number of esters is 1. The normalized spacial score (nSPS) is 15.4. The Labute approximate surface area is 168 Å². The second-order valence-corrected chi connectivity index (χ2v) is 6.58. The first kappa shape index (κ1) is 18.7. The van der Waals surface area contributed by atoms with Crippen LogP contribution in [0.3, 0.4) is 0 Å². The zero-order valence-electron chi connectivity index (χ0n) is 16.2. The minimum Gasteiger partial charge on any atom is -0.489 e. The minimum absolute atomic E-state index is 0.289. The molecule has 1 N–H and O–H groups in total. The van der Waals surface area contributed by atoms with Gasteiger partial charge in [-0.25, -0.2) is 4.79 Å². The molecule has 2 aromatic carbocycles. The number of hydrogen-bond donors (Lipinski definition) is 1. The number of ether oxygens (including phenoxy) is 2. The molecular formula is C21H21N5O3. The molecular weight excluding hydrogens is 370 g/mol. The molecule has 1 atom stereocenters. The van der Waals surface area contributed by atoms with Crippen LogP contribution in [0, 0.1) is 0 Å².